The van der Waals surface area contributed by atoms with Crippen LogP contribution in [0.4, 0.5) is 0 Å². The summed E-state index contributed by atoms with van der Waals surface area (Å²) in [5, 5.41) is 25.7. The molecule has 2 N–H and O–H groups in total. The number of rotatable bonds is 7. The van der Waals surface area contributed by atoms with E-state index in [1.54, 1.807) is 20.8 Å². The molecule has 14 heteroatoms. The van der Waals surface area contributed by atoms with Gasteiger partial charge in [-0.25, -0.2) is 4.79 Å². The predicted molar refractivity (Wildman–Crippen MR) is 126 cm³/mol. The van der Waals surface area contributed by atoms with Crippen LogP contribution in [0.2, 0.25) is 5.02 Å². The molecule has 2 aliphatic rings. The van der Waals surface area contributed by atoms with E-state index in [2.05, 4.69) is 20.6 Å². The smallest absolute Gasteiger partial charge is 0.352 e. The minimum absolute atomic E-state index is 0.0126. The number of fused-ring (bicyclic) bond motifs is 1. The number of carbonyl (C=O) groups is 3. The minimum atomic E-state index is -1.16. The first-order valence-electron chi connectivity index (χ1n) is 9.94. The second-order valence-electron chi connectivity index (χ2n) is 7.63. The third kappa shape index (κ3) is 4.38. The van der Waals surface area contributed by atoms with Gasteiger partial charge in [-0.3, -0.25) is 19.2 Å². The van der Waals surface area contributed by atoms with Gasteiger partial charge in [0.15, 0.2) is 4.34 Å². The van der Waals surface area contributed by atoms with Gasteiger partial charge in [0, 0.05) is 11.5 Å². The summed E-state index contributed by atoms with van der Waals surface area (Å²) in [6.07, 6.45) is 0. The molecule has 3 atom stereocenters. The molecule has 2 aromatic heterocycles. The van der Waals surface area contributed by atoms with Crippen LogP contribution in [0, 0.1) is 20.8 Å². The molecule has 1 fully saturated rings. The number of aliphatic carboxylic acids is 1. The molecule has 0 spiro atoms. The number of amides is 2. The standard InChI is InChI=1S/C19H21ClN6O4S3/c1-7-12(20)8(2)26(24-7)9(3)15(27)21-13-16(28)25-14(18(29)30)11(5-31-17(13)25)6-32-19-23-22-10(4)33-19/h9,13,17H,5-6H2,1-4H3,(H,21,27)(H,29,30)/t9-,13+,17+/m0/s1. The molecular formula is C19H21ClN6O4S3. The molecule has 0 bridgehead atoms. The first kappa shape index (κ1) is 24.0. The number of hydrogen-bond acceptors (Lipinski definition) is 9. The highest BCUT2D eigenvalue weighted by Crippen LogP contribution is 2.42. The Kier molecular flexibility index (Phi) is 6.76. The van der Waals surface area contributed by atoms with E-state index in [-0.39, 0.29) is 11.6 Å². The van der Waals surface area contributed by atoms with Crippen LogP contribution < -0.4 is 5.32 Å². The molecule has 0 radical (unpaired) electrons. The Bertz CT molecular complexity index is 1180. The lowest BCUT2D eigenvalue weighted by Gasteiger charge is -2.49. The van der Waals surface area contributed by atoms with Crippen molar-refractivity contribution in [1.82, 2.24) is 30.2 Å². The fraction of sp³-hybridized carbons (Fsp3) is 0.474. The number of hydrogen-bond donors (Lipinski definition) is 2. The number of thioether (sulfide) groups is 2. The lowest BCUT2D eigenvalue weighted by atomic mass is 10.0. The maximum atomic E-state index is 12.9. The number of β-lactam (4-membered cyclic amide) rings is 1. The molecule has 2 aromatic rings. The summed E-state index contributed by atoms with van der Waals surface area (Å²) in [7, 11) is 0. The highest BCUT2D eigenvalue weighted by Gasteiger charge is 2.54. The Morgan fingerprint density at radius 2 is 2.06 bits per heavy atom. The minimum Gasteiger partial charge on any atom is -0.477 e. The fourth-order valence-corrected chi connectivity index (χ4v) is 7.11. The molecule has 0 unspecified atom stereocenters. The highest BCUT2D eigenvalue weighted by atomic mass is 35.5. The zero-order chi connectivity index (χ0) is 24.0. The quantitative estimate of drug-likeness (QED) is 0.411. The van der Waals surface area contributed by atoms with Gasteiger partial charge >= 0.3 is 5.97 Å². The second-order valence-corrected chi connectivity index (χ2v) is 11.5. The molecule has 0 saturated carbocycles. The molecule has 4 rings (SSSR count). The van der Waals surface area contributed by atoms with Crippen LogP contribution in [0.5, 0.6) is 0 Å². The van der Waals surface area contributed by atoms with Gasteiger partial charge < -0.3 is 10.4 Å². The Balaban J connectivity index is 1.46. The zero-order valence-electron chi connectivity index (χ0n) is 18.2. The Labute approximate surface area is 207 Å². The van der Waals surface area contributed by atoms with Gasteiger partial charge in [0.1, 0.15) is 28.2 Å². The number of aryl methyl sites for hydroxylation is 2. The van der Waals surface area contributed by atoms with E-state index in [0.717, 1.165) is 9.35 Å². The van der Waals surface area contributed by atoms with Crippen LogP contribution in [-0.2, 0) is 14.4 Å². The maximum absolute atomic E-state index is 12.9. The summed E-state index contributed by atoms with van der Waals surface area (Å²) in [5.41, 5.74) is 1.91. The SMILES string of the molecule is Cc1nnc(SCC2=C(C(=O)O)N3C(=O)[C@@H](NC(=O)[C@H](C)n4nc(C)c(Cl)c4C)[C@H]3SC2)s1. The topological polar surface area (TPSA) is 130 Å². The molecule has 2 amide bonds. The van der Waals surface area contributed by atoms with E-state index in [0.29, 0.717) is 33.5 Å². The number of nitrogens with one attached hydrogen (secondary N) is 1. The molecule has 2 aliphatic heterocycles. The second kappa shape index (κ2) is 9.28. The van der Waals surface area contributed by atoms with Crippen LogP contribution in [0.1, 0.15) is 29.4 Å². The Hall–Kier alpha value is -2.09. The fourth-order valence-electron chi connectivity index (χ4n) is 3.68. The third-order valence-corrected chi connectivity index (χ3v) is 9.35. The lowest BCUT2D eigenvalue weighted by molar-refractivity contribution is -0.151. The molecule has 4 heterocycles. The van der Waals surface area contributed by atoms with Gasteiger partial charge in [-0.2, -0.15) is 5.10 Å². The predicted octanol–water partition coefficient (Wildman–Crippen LogP) is 2.41. The van der Waals surface area contributed by atoms with E-state index < -0.39 is 29.3 Å². The van der Waals surface area contributed by atoms with Crippen LogP contribution in [-0.4, -0.2) is 70.7 Å². The zero-order valence-corrected chi connectivity index (χ0v) is 21.4. The molecule has 1 saturated heterocycles. The number of carbonyl (C=O) groups excluding carboxylic acids is 2. The van der Waals surface area contributed by atoms with Gasteiger partial charge in [-0.05, 0) is 33.3 Å². The summed E-state index contributed by atoms with van der Waals surface area (Å²) >= 11 is 10.4. The number of halogens is 1. The van der Waals surface area contributed by atoms with E-state index in [1.165, 1.54) is 44.4 Å². The molecule has 33 heavy (non-hydrogen) atoms. The van der Waals surface area contributed by atoms with Crippen LogP contribution in [0.3, 0.4) is 0 Å². The first-order valence-corrected chi connectivity index (χ1v) is 13.2. The number of carboxylic acids is 1. The van der Waals surface area contributed by atoms with Crippen molar-refractivity contribution < 1.29 is 19.5 Å². The van der Waals surface area contributed by atoms with Crippen LogP contribution >= 0.6 is 46.5 Å². The van der Waals surface area contributed by atoms with Crippen molar-refractivity contribution in [3.8, 4) is 0 Å². The van der Waals surface area contributed by atoms with Crippen molar-refractivity contribution >= 4 is 64.2 Å². The average molecular weight is 529 g/mol. The summed E-state index contributed by atoms with van der Waals surface area (Å²) in [5.74, 6) is -1.15. The van der Waals surface area contributed by atoms with Gasteiger partial charge in [-0.15, -0.1) is 22.0 Å². The van der Waals surface area contributed by atoms with Gasteiger partial charge in [0.05, 0.1) is 16.4 Å². The third-order valence-electron chi connectivity index (χ3n) is 5.41. The summed E-state index contributed by atoms with van der Waals surface area (Å²) in [4.78, 5) is 39.0. The summed E-state index contributed by atoms with van der Waals surface area (Å²) in [6, 6.07) is -1.48. The van der Waals surface area contributed by atoms with Gasteiger partial charge in [0.2, 0.25) is 5.91 Å². The summed E-state index contributed by atoms with van der Waals surface area (Å²) in [6.45, 7) is 7.05. The highest BCUT2D eigenvalue weighted by molar-refractivity contribution is 8.01. The van der Waals surface area contributed by atoms with E-state index in [1.807, 2.05) is 6.92 Å². The molecule has 0 aromatic carbocycles. The van der Waals surface area contributed by atoms with Crippen molar-refractivity contribution in [3.63, 3.8) is 0 Å². The van der Waals surface area contributed by atoms with Crippen LogP contribution in [0.15, 0.2) is 15.6 Å². The number of nitrogens with zero attached hydrogens (tertiary/aromatic N) is 5. The van der Waals surface area contributed by atoms with Crippen molar-refractivity contribution in [3.05, 3.63) is 32.7 Å². The summed E-state index contributed by atoms with van der Waals surface area (Å²) < 4.78 is 2.27. The number of aromatic nitrogens is 4. The van der Waals surface area contributed by atoms with Crippen molar-refractivity contribution in [1.29, 1.82) is 0 Å². The van der Waals surface area contributed by atoms with Crippen molar-refractivity contribution in [2.24, 2.45) is 0 Å². The molecule has 10 nitrogen and oxygen atoms in total. The van der Waals surface area contributed by atoms with Crippen molar-refractivity contribution in [2.75, 3.05) is 11.5 Å². The molecular weight excluding hydrogens is 508 g/mol. The van der Waals surface area contributed by atoms with Crippen molar-refractivity contribution in [2.45, 2.75) is 49.5 Å². The van der Waals surface area contributed by atoms with Gasteiger partial charge in [-0.1, -0.05) is 34.7 Å². The molecule has 0 aliphatic carbocycles. The first-order chi connectivity index (χ1) is 15.6. The Morgan fingerprint density at radius 1 is 1.33 bits per heavy atom. The van der Waals surface area contributed by atoms with E-state index >= 15 is 0 Å². The van der Waals surface area contributed by atoms with E-state index in [4.69, 9.17) is 11.6 Å². The van der Waals surface area contributed by atoms with E-state index in [9.17, 15) is 19.5 Å². The molecule has 176 valence electrons. The van der Waals surface area contributed by atoms with Crippen LogP contribution in [0.25, 0.3) is 0 Å². The normalized spacial score (nSPS) is 21.0. The maximum Gasteiger partial charge on any atom is 0.352 e. The average Bonchev–Trinajstić information content (AvgIpc) is 3.31. The lowest BCUT2D eigenvalue weighted by Crippen LogP contribution is -2.71. The monoisotopic (exact) mass is 528 g/mol. The number of carboxylic acid groups (broad SMARTS) is 1. The Morgan fingerprint density at radius 3 is 2.64 bits per heavy atom. The van der Waals surface area contributed by atoms with Gasteiger partial charge in [0.25, 0.3) is 5.91 Å². The largest absolute Gasteiger partial charge is 0.477 e.